The smallest absolute Gasteiger partial charge is 0.115 e. The molecule has 2 nitrogen and oxygen atoms in total. The first kappa shape index (κ1) is 16.4. The third-order valence-electron chi connectivity index (χ3n) is 2.99. The van der Waals surface area contributed by atoms with Gasteiger partial charge in [0.2, 0.25) is 0 Å². The molecular formula is C18H26N2. The van der Waals surface area contributed by atoms with Crippen LogP contribution in [-0.4, -0.2) is 9.97 Å². The van der Waals surface area contributed by atoms with Crippen molar-refractivity contribution < 1.29 is 0 Å². The normalized spacial score (nSPS) is 11.5. The molecule has 0 aliphatic carbocycles. The largest absolute Gasteiger partial charge is 0.245 e. The number of hydrogen-bond acceptors (Lipinski definition) is 2. The van der Waals surface area contributed by atoms with Gasteiger partial charge >= 0.3 is 0 Å². The lowest BCUT2D eigenvalue weighted by Gasteiger charge is -2.18. The first-order chi connectivity index (χ1) is 9.21. The van der Waals surface area contributed by atoms with Crippen molar-refractivity contribution in [1.29, 1.82) is 0 Å². The van der Waals surface area contributed by atoms with Crippen LogP contribution in [0.5, 0.6) is 0 Å². The van der Waals surface area contributed by atoms with Crippen LogP contribution < -0.4 is 0 Å². The van der Waals surface area contributed by atoms with Gasteiger partial charge in [0.1, 0.15) is 6.33 Å². The molecule has 0 fully saturated rings. The highest BCUT2D eigenvalue weighted by atomic mass is 14.8. The van der Waals surface area contributed by atoms with Crippen LogP contribution in [0.2, 0.25) is 0 Å². The molecule has 2 aromatic rings. The SMILES string of the molecule is CC(C)(C)c1ccccc1.CC(C)(C)c1ccncn1. The van der Waals surface area contributed by atoms with Gasteiger partial charge in [0.05, 0.1) is 0 Å². The summed E-state index contributed by atoms with van der Waals surface area (Å²) in [6, 6.07) is 12.5. The molecule has 0 unspecified atom stereocenters. The maximum atomic E-state index is 4.14. The molecule has 0 aliphatic rings. The molecule has 108 valence electrons. The Labute approximate surface area is 123 Å². The van der Waals surface area contributed by atoms with E-state index in [2.05, 4.69) is 81.8 Å². The van der Waals surface area contributed by atoms with E-state index in [9.17, 15) is 0 Å². The molecule has 0 saturated heterocycles. The van der Waals surface area contributed by atoms with Crippen LogP contribution in [0, 0.1) is 0 Å². The van der Waals surface area contributed by atoms with E-state index in [1.54, 1.807) is 12.5 Å². The van der Waals surface area contributed by atoms with Crippen LogP contribution >= 0.6 is 0 Å². The second-order valence-corrected chi connectivity index (χ2v) is 6.96. The van der Waals surface area contributed by atoms with Crippen molar-refractivity contribution in [2.45, 2.75) is 52.4 Å². The van der Waals surface area contributed by atoms with E-state index in [0.717, 1.165) is 5.69 Å². The molecule has 0 atom stereocenters. The van der Waals surface area contributed by atoms with Gasteiger partial charge in [-0.2, -0.15) is 0 Å². The third kappa shape index (κ3) is 5.52. The van der Waals surface area contributed by atoms with E-state index < -0.39 is 0 Å². The molecule has 2 heteroatoms. The van der Waals surface area contributed by atoms with Gasteiger partial charge in [0.15, 0.2) is 0 Å². The highest BCUT2D eigenvalue weighted by molar-refractivity contribution is 5.22. The molecule has 20 heavy (non-hydrogen) atoms. The Hall–Kier alpha value is -1.70. The lowest BCUT2D eigenvalue weighted by molar-refractivity contribution is 0.567. The number of aromatic nitrogens is 2. The van der Waals surface area contributed by atoms with Gasteiger partial charge in [-0.15, -0.1) is 0 Å². The van der Waals surface area contributed by atoms with Crippen molar-refractivity contribution in [3.63, 3.8) is 0 Å². The van der Waals surface area contributed by atoms with Crippen molar-refractivity contribution in [3.05, 3.63) is 60.2 Å². The Morgan fingerprint density at radius 2 is 1.35 bits per heavy atom. The van der Waals surface area contributed by atoms with Crippen molar-refractivity contribution in [1.82, 2.24) is 9.97 Å². The predicted octanol–water partition coefficient (Wildman–Crippen LogP) is 4.76. The van der Waals surface area contributed by atoms with Crippen LogP contribution in [0.4, 0.5) is 0 Å². The Morgan fingerprint density at radius 3 is 1.65 bits per heavy atom. The van der Waals surface area contributed by atoms with E-state index >= 15 is 0 Å². The fraction of sp³-hybridized carbons (Fsp3) is 0.444. The molecule has 0 N–H and O–H groups in total. The van der Waals surface area contributed by atoms with Gasteiger partial charge in [-0.3, -0.25) is 0 Å². The predicted molar refractivity (Wildman–Crippen MR) is 85.9 cm³/mol. The Morgan fingerprint density at radius 1 is 0.750 bits per heavy atom. The molecule has 0 bridgehead atoms. The first-order valence-electron chi connectivity index (χ1n) is 7.03. The summed E-state index contributed by atoms with van der Waals surface area (Å²) in [4.78, 5) is 7.99. The van der Waals surface area contributed by atoms with E-state index in [1.807, 2.05) is 6.07 Å². The monoisotopic (exact) mass is 270 g/mol. The molecule has 0 amide bonds. The highest BCUT2D eigenvalue weighted by Crippen LogP contribution is 2.20. The second-order valence-electron chi connectivity index (χ2n) is 6.96. The second kappa shape index (κ2) is 6.65. The van der Waals surface area contributed by atoms with Crippen molar-refractivity contribution in [3.8, 4) is 0 Å². The van der Waals surface area contributed by atoms with E-state index in [0.29, 0.717) is 5.41 Å². The van der Waals surface area contributed by atoms with Crippen LogP contribution in [0.25, 0.3) is 0 Å². The van der Waals surface area contributed by atoms with E-state index in [-0.39, 0.29) is 5.41 Å². The average molecular weight is 270 g/mol. The Kier molecular flexibility index (Phi) is 5.43. The summed E-state index contributed by atoms with van der Waals surface area (Å²) < 4.78 is 0. The Bertz CT molecular complexity index is 441. The summed E-state index contributed by atoms with van der Waals surface area (Å²) in [6.07, 6.45) is 3.36. The molecule has 2 rings (SSSR count). The van der Waals surface area contributed by atoms with Gasteiger partial charge in [-0.1, -0.05) is 71.9 Å². The summed E-state index contributed by atoms with van der Waals surface area (Å²) in [6.45, 7) is 13.1. The van der Waals surface area contributed by atoms with Crippen molar-refractivity contribution in [2.24, 2.45) is 0 Å². The van der Waals surface area contributed by atoms with Crippen LogP contribution in [-0.2, 0) is 10.8 Å². The van der Waals surface area contributed by atoms with Gasteiger partial charge in [0.25, 0.3) is 0 Å². The zero-order valence-electron chi connectivity index (χ0n) is 13.5. The molecule has 0 aliphatic heterocycles. The topological polar surface area (TPSA) is 25.8 Å². The maximum Gasteiger partial charge on any atom is 0.115 e. The van der Waals surface area contributed by atoms with Crippen LogP contribution in [0.15, 0.2) is 48.9 Å². The van der Waals surface area contributed by atoms with E-state index in [4.69, 9.17) is 0 Å². The molecule has 1 heterocycles. The average Bonchev–Trinajstić information content (AvgIpc) is 2.40. The minimum absolute atomic E-state index is 0.142. The van der Waals surface area contributed by atoms with Gasteiger partial charge in [-0.25, -0.2) is 9.97 Å². The lowest BCUT2D eigenvalue weighted by Crippen LogP contribution is -2.12. The molecular weight excluding hydrogens is 244 g/mol. The highest BCUT2D eigenvalue weighted by Gasteiger charge is 2.13. The number of hydrogen-bond donors (Lipinski definition) is 0. The zero-order chi connectivity index (χ0) is 15.2. The maximum absolute atomic E-state index is 4.14. The molecule has 0 saturated carbocycles. The number of benzene rings is 1. The fourth-order valence-corrected chi connectivity index (χ4v) is 1.67. The van der Waals surface area contributed by atoms with Crippen LogP contribution in [0.3, 0.4) is 0 Å². The van der Waals surface area contributed by atoms with Crippen molar-refractivity contribution >= 4 is 0 Å². The first-order valence-corrected chi connectivity index (χ1v) is 7.03. The summed E-state index contributed by atoms with van der Waals surface area (Å²) in [5.74, 6) is 0. The lowest BCUT2D eigenvalue weighted by atomic mass is 9.87. The van der Waals surface area contributed by atoms with Gasteiger partial charge in [0, 0.05) is 17.3 Å². The van der Waals surface area contributed by atoms with Gasteiger partial charge in [-0.05, 0) is 17.0 Å². The van der Waals surface area contributed by atoms with E-state index in [1.165, 1.54) is 5.56 Å². The minimum atomic E-state index is 0.142. The summed E-state index contributed by atoms with van der Waals surface area (Å²) in [7, 11) is 0. The third-order valence-corrected chi connectivity index (χ3v) is 2.99. The molecule has 1 aromatic heterocycles. The Balaban J connectivity index is 0.000000200. The number of nitrogens with zero attached hydrogens (tertiary/aromatic N) is 2. The van der Waals surface area contributed by atoms with Crippen LogP contribution in [0.1, 0.15) is 52.8 Å². The summed E-state index contributed by atoms with van der Waals surface area (Å²) in [5, 5.41) is 0. The summed E-state index contributed by atoms with van der Waals surface area (Å²) in [5.41, 5.74) is 2.92. The van der Waals surface area contributed by atoms with Crippen molar-refractivity contribution in [2.75, 3.05) is 0 Å². The molecule has 1 aromatic carbocycles. The summed E-state index contributed by atoms with van der Waals surface area (Å²) >= 11 is 0. The number of rotatable bonds is 0. The standard InChI is InChI=1S/C10H14.C8H12N2/c1-10(2,3)9-7-5-4-6-8-9;1-8(2,3)7-4-5-9-6-10-7/h4-8H,1-3H3;4-6H,1-3H3. The fourth-order valence-electron chi connectivity index (χ4n) is 1.67. The minimum Gasteiger partial charge on any atom is -0.245 e. The van der Waals surface area contributed by atoms with Gasteiger partial charge < -0.3 is 0 Å². The molecule has 0 spiro atoms. The zero-order valence-corrected chi connectivity index (χ0v) is 13.5. The molecule has 0 radical (unpaired) electrons. The quantitative estimate of drug-likeness (QED) is 0.690.